The van der Waals surface area contributed by atoms with Crippen molar-refractivity contribution < 1.29 is 18.0 Å². The maximum Gasteiger partial charge on any atom is 0.416 e. The number of rotatable bonds is 3. The lowest BCUT2D eigenvalue weighted by molar-refractivity contribution is -0.137. The zero-order chi connectivity index (χ0) is 17.3. The van der Waals surface area contributed by atoms with Crippen molar-refractivity contribution in [2.45, 2.75) is 12.7 Å². The third kappa shape index (κ3) is 3.10. The standard InChI is InChI=1S/C17H14F3N3O/c1-23-15-7-3-6-13(14(15)10-22-23)16(24)21-9-11-4-2-5-12(8-11)17(18,19)20/h2-8,10H,9H2,1H3,(H,21,24). The number of nitrogens with one attached hydrogen (secondary N) is 1. The molecule has 0 aliphatic carbocycles. The Hall–Kier alpha value is -2.83. The molecule has 0 atom stereocenters. The highest BCUT2D eigenvalue weighted by molar-refractivity contribution is 6.06. The molecule has 0 aliphatic heterocycles. The summed E-state index contributed by atoms with van der Waals surface area (Å²) in [5.41, 5.74) is 0.898. The second-order valence-corrected chi connectivity index (χ2v) is 5.39. The Bertz CT molecular complexity index is 899. The summed E-state index contributed by atoms with van der Waals surface area (Å²) in [6.45, 7) is 0.0133. The van der Waals surface area contributed by atoms with Crippen molar-refractivity contribution in [2.24, 2.45) is 7.05 Å². The van der Waals surface area contributed by atoms with E-state index in [1.165, 1.54) is 6.07 Å². The molecule has 3 aromatic rings. The number of nitrogens with zero attached hydrogens (tertiary/aromatic N) is 2. The fraction of sp³-hybridized carbons (Fsp3) is 0.176. The maximum atomic E-state index is 12.7. The highest BCUT2D eigenvalue weighted by Gasteiger charge is 2.30. The van der Waals surface area contributed by atoms with Crippen molar-refractivity contribution in [3.05, 3.63) is 65.4 Å². The number of carbonyl (C=O) groups excluding carboxylic acids is 1. The minimum Gasteiger partial charge on any atom is -0.348 e. The van der Waals surface area contributed by atoms with Crippen molar-refractivity contribution in [1.82, 2.24) is 15.1 Å². The normalized spacial score (nSPS) is 11.7. The molecule has 1 amide bonds. The molecule has 3 rings (SSSR count). The van der Waals surface area contributed by atoms with Crippen LogP contribution < -0.4 is 5.32 Å². The van der Waals surface area contributed by atoms with Crippen molar-refractivity contribution in [3.8, 4) is 0 Å². The second kappa shape index (κ2) is 5.99. The van der Waals surface area contributed by atoms with Crippen molar-refractivity contribution in [2.75, 3.05) is 0 Å². The molecule has 1 N–H and O–H groups in total. The predicted octanol–water partition coefficient (Wildman–Crippen LogP) is 3.52. The molecule has 2 aromatic carbocycles. The van der Waals surface area contributed by atoms with Crippen molar-refractivity contribution >= 4 is 16.8 Å². The number of hydrogen-bond donors (Lipinski definition) is 1. The number of halogens is 3. The van der Waals surface area contributed by atoms with Crippen LogP contribution in [0.4, 0.5) is 13.2 Å². The van der Waals surface area contributed by atoms with Crippen LogP contribution in [-0.2, 0) is 19.8 Å². The molecule has 0 saturated carbocycles. The summed E-state index contributed by atoms with van der Waals surface area (Å²) in [5, 5.41) is 7.46. The zero-order valence-corrected chi connectivity index (χ0v) is 12.8. The van der Waals surface area contributed by atoms with Crippen molar-refractivity contribution in [3.63, 3.8) is 0 Å². The van der Waals surface area contributed by atoms with Crippen LogP contribution in [0.25, 0.3) is 10.9 Å². The van der Waals surface area contributed by atoms with Gasteiger partial charge in [0.2, 0.25) is 0 Å². The zero-order valence-electron chi connectivity index (χ0n) is 12.8. The number of amides is 1. The molecule has 0 spiro atoms. The number of benzene rings is 2. The molecular weight excluding hydrogens is 319 g/mol. The lowest BCUT2D eigenvalue weighted by Crippen LogP contribution is -2.23. The Balaban J connectivity index is 1.78. The number of fused-ring (bicyclic) bond motifs is 1. The molecule has 1 heterocycles. The van der Waals surface area contributed by atoms with Gasteiger partial charge in [0.25, 0.3) is 5.91 Å². The first-order valence-electron chi connectivity index (χ1n) is 7.21. The minimum atomic E-state index is -4.40. The van der Waals surface area contributed by atoms with Gasteiger partial charge in [-0.2, -0.15) is 18.3 Å². The first-order valence-corrected chi connectivity index (χ1v) is 7.21. The Morgan fingerprint density at radius 2 is 1.96 bits per heavy atom. The first-order chi connectivity index (χ1) is 11.4. The number of hydrogen-bond acceptors (Lipinski definition) is 2. The molecular formula is C17H14F3N3O. The molecule has 124 valence electrons. The van der Waals surface area contributed by atoms with Gasteiger partial charge in [0.15, 0.2) is 0 Å². The Morgan fingerprint density at radius 3 is 2.71 bits per heavy atom. The van der Waals surface area contributed by atoms with E-state index >= 15 is 0 Å². The summed E-state index contributed by atoms with van der Waals surface area (Å²) in [7, 11) is 1.77. The highest BCUT2D eigenvalue weighted by Crippen LogP contribution is 2.29. The summed E-state index contributed by atoms with van der Waals surface area (Å²) in [5.74, 6) is -0.356. The van der Waals surface area contributed by atoms with Gasteiger partial charge in [-0.25, -0.2) is 0 Å². The highest BCUT2D eigenvalue weighted by atomic mass is 19.4. The third-order valence-corrected chi connectivity index (χ3v) is 3.74. The third-order valence-electron chi connectivity index (χ3n) is 3.74. The van der Waals surface area contributed by atoms with Crippen LogP contribution in [0.1, 0.15) is 21.5 Å². The van der Waals surface area contributed by atoms with Crippen LogP contribution in [0.5, 0.6) is 0 Å². The Morgan fingerprint density at radius 1 is 1.21 bits per heavy atom. The number of aryl methyl sites for hydroxylation is 1. The number of aromatic nitrogens is 2. The average Bonchev–Trinajstić information content (AvgIpc) is 2.93. The number of alkyl halides is 3. The molecule has 0 radical (unpaired) electrons. The van der Waals surface area contributed by atoms with Gasteiger partial charge < -0.3 is 5.32 Å². The van der Waals surface area contributed by atoms with E-state index in [0.717, 1.165) is 17.6 Å². The summed E-state index contributed by atoms with van der Waals surface area (Å²) in [6, 6.07) is 10.1. The van der Waals surface area contributed by atoms with Gasteiger partial charge in [0.1, 0.15) is 0 Å². The van der Waals surface area contributed by atoms with Crippen LogP contribution in [-0.4, -0.2) is 15.7 Å². The maximum absolute atomic E-state index is 12.7. The fourth-order valence-corrected chi connectivity index (χ4v) is 2.51. The van der Waals surface area contributed by atoms with Gasteiger partial charge in [-0.1, -0.05) is 18.2 Å². The first kappa shape index (κ1) is 16.0. The molecule has 0 fully saturated rings. The summed E-state index contributed by atoms with van der Waals surface area (Å²) < 4.78 is 39.8. The van der Waals surface area contributed by atoms with E-state index in [1.807, 2.05) is 6.07 Å². The largest absolute Gasteiger partial charge is 0.416 e. The predicted molar refractivity (Wildman–Crippen MR) is 83.3 cm³/mol. The molecule has 0 bridgehead atoms. The van der Waals surface area contributed by atoms with Crippen LogP contribution >= 0.6 is 0 Å². The van der Waals surface area contributed by atoms with E-state index in [4.69, 9.17) is 0 Å². The SMILES string of the molecule is Cn1ncc2c(C(=O)NCc3cccc(C(F)(F)F)c3)cccc21. The molecule has 7 heteroatoms. The molecule has 0 saturated heterocycles. The van der Waals surface area contributed by atoms with E-state index in [0.29, 0.717) is 16.5 Å². The average molecular weight is 333 g/mol. The molecule has 1 aromatic heterocycles. The Kier molecular flexibility index (Phi) is 4.01. The molecule has 0 unspecified atom stereocenters. The van der Waals surface area contributed by atoms with E-state index in [9.17, 15) is 18.0 Å². The van der Waals surface area contributed by atoms with Crippen LogP contribution in [0.15, 0.2) is 48.7 Å². The van der Waals surface area contributed by atoms with Crippen LogP contribution in [0.3, 0.4) is 0 Å². The fourth-order valence-electron chi connectivity index (χ4n) is 2.51. The molecule has 0 aliphatic rings. The molecule has 4 nitrogen and oxygen atoms in total. The lowest BCUT2D eigenvalue weighted by atomic mass is 10.1. The van der Waals surface area contributed by atoms with Gasteiger partial charge in [0, 0.05) is 19.0 Å². The summed E-state index contributed by atoms with van der Waals surface area (Å²) in [6.07, 6.45) is -2.81. The molecule has 24 heavy (non-hydrogen) atoms. The van der Waals surface area contributed by atoms with Crippen LogP contribution in [0, 0.1) is 0 Å². The van der Waals surface area contributed by atoms with E-state index in [2.05, 4.69) is 10.4 Å². The number of carbonyl (C=O) groups is 1. The van der Waals surface area contributed by atoms with E-state index in [1.54, 1.807) is 36.1 Å². The smallest absolute Gasteiger partial charge is 0.348 e. The van der Waals surface area contributed by atoms with E-state index < -0.39 is 11.7 Å². The van der Waals surface area contributed by atoms with Crippen LogP contribution in [0.2, 0.25) is 0 Å². The van der Waals surface area contributed by atoms with Gasteiger partial charge in [0.05, 0.1) is 22.8 Å². The van der Waals surface area contributed by atoms with E-state index in [-0.39, 0.29) is 12.5 Å². The summed E-state index contributed by atoms with van der Waals surface area (Å²) >= 11 is 0. The van der Waals surface area contributed by atoms with Crippen molar-refractivity contribution in [1.29, 1.82) is 0 Å². The monoisotopic (exact) mass is 333 g/mol. The lowest BCUT2D eigenvalue weighted by Gasteiger charge is -2.10. The van der Waals surface area contributed by atoms with Gasteiger partial charge in [-0.05, 0) is 29.8 Å². The van der Waals surface area contributed by atoms with Gasteiger partial charge >= 0.3 is 6.18 Å². The second-order valence-electron chi connectivity index (χ2n) is 5.39. The Labute approximate surface area is 135 Å². The van der Waals surface area contributed by atoms with Gasteiger partial charge in [-0.3, -0.25) is 9.48 Å². The summed E-state index contributed by atoms with van der Waals surface area (Å²) in [4.78, 5) is 12.4. The van der Waals surface area contributed by atoms with Gasteiger partial charge in [-0.15, -0.1) is 0 Å². The topological polar surface area (TPSA) is 46.9 Å². The minimum absolute atomic E-state index is 0.0133. The quantitative estimate of drug-likeness (QED) is 0.797.